The molecule has 0 aliphatic rings. The topological polar surface area (TPSA) is 94.8 Å². The van der Waals surface area contributed by atoms with Gasteiger partial charge in [0.15, 0.2) is 6.61 Å². The van der Waals surface area contributed by atoms with Crippen LogP contribution in [-0.4, -0.2) is 24.5 Å². The Bertz CT molecular complexity index is 1470. The van der Waals surface area contributed by atoms with Crippen LogP contribution in [0.4, 0.5) is 0 Å². The second-order valence-electron chi connectivity index (χ2n) is 9.55. The van der Waals surface area contributed by atoms with E-state index in [1.807, 2.05) is 42.5 Å². The largest absolute Gasteiger partial charge is 0.482 e. The van der Waals surface area contributed by atoms with Crippen molar-refractivity contribution < 1.29 is 23.5 Å². The summed E-state index contributed by atoms with van der Waals surface area (Å²) in [6, 6.07) is 23.8. The van der Waals surface area contributed by atoms with Gasteiger partial charge >= 0.3 is 11.6 Å². The van der Waals surface area contributed by atoms with Gasteiger partial charge in [-0.25, -0.2) is 9.59 Å². The number of amides is 1. The lowest BCUT2D eigenvalue weighted by Crippen LogP contribution is -2.33. The van der Waals surface area contributed by atoms with Gasteiger partial charge < -0.3 is 19.2 Å². The Morgan fingerprint density at radius 3 is 2.22 bits per heavy atom. The Hall–Kier alpha value is -4.39. The van der Waals surface area contributed by atoms with Crippen molar-refractivity contribution in [1.82, 2.24) is 5.32 Å². The van der Waals surface area contributed by atoms with Crippen molar-refractivity contribution in [2.24, 2.45) is 0 Å². The molecule has 0 spiro atoms. The Morgan fingerprint density at radius 1 is 0.892 bits per heavy atom. The van der Waals surface area contributed by atoms with E-state index in [4.69, 9.17) is 13.9 Å². The van der Waals surface area contributed by atoms with E-state index in [-0.39, 0.29) is 35.0 Å². The molecule has 0 aliphatic heterocycles. The fraction of sp³-hybridized carbons (Fsp3) is 0.233. The van der Waals surface area contributed by atoms with Crippen LogP contribution in [0.3, 0.4) is 0 Å². The van der Waals surface area contributed by atoms with Crippen LogP contribution in [0.1, 0.15) is 49.2 Å². The zero-order valence-corrected chi connectivity index (χ0v) is 21.2. The highest BCUT2D eigenvalue weighted by atomic mass is 16.6. The van der Waals surface area contributed by atoms with Gasteiger partial charge in [0.25, 0.3) is 5.91 Å². The first-order valence-electron chi connectivity index (χ1n) is 12.0. The van der Waals surface area contributed by atoms with Gasteiger partial charge in [-0.15, -0.1) is 0 Å². The van der Waals surface area contributed by atoms with Gasteiger partial charge in [0.05, 0.1) is 0 Å². The smallest absolute Gasteiger partial charge is 0.349 e. The molecule has 0 saturated heterocycles. The number of benzene rings is 3. The summed E-state index contributed by atoms with van der Waals surface area (Å²) in [4.78, 5) is 36.8. The number of hydrogen-bond donors (Lipinski definition) is 1. The molecular formula is C30H29NO6. The minimum absolute atomic E-state index is 0.0856. The zero-order chi connectivity index (χ0) is 26.6. The van der Waals surface area contributed by atoms with Gasteiger partial charge in [-0.05, 0) is 55.3 Å². The van der Waals surface area contributed by atoms with Crippen molar-refractivity contribution in [2.75, 3.05) is 6.61 Å². The molecule has 7 nitrogen and oxygen atoms in total. The fourth-order valence-electron chi connectivity index (χ4n) is 3.95. The third-order valence-electron chi connectivity index (χ3n) is 6.03. The van der Waals surface area contributed by atoms with Crippen LogP contribution in [0.15, 0.2) is 88.1 Å². The molecule has 1 N–H and O–H groups in total. The van der Waals surface area contributed by atoms with Crippen LogP contribution >= 0.6 is 0 Å². The van der Waals surface area contributed by atoms with Gasteiger partial charge in [-0.2, -0.15) is 0 Å². The van der Waals surface area contributed by atoms with E-state index in [9.17, 15) is 14.4 Å². The lowest BCUT2D eigenvalue weighted by Gasteiger charge is -2.26. The molecule has 0 aliphatic carbocycles. The third-order valence-corrected chi connectivity index (χ3v) is 6.03. The number of nitrogens with one attached hydrogen (secondary N) is 1. The van der Waals surface area contributed by atoms with Gasteiger partial charge in [0.2, 0.25) is 0 Å². The molecule has 1 aromatic heterocycles. The molecule has 1 amide bonds. The molecule has 0 unspecified atom stereocenters. The molecule has 1 heterocycles. The number of carbonyl (C=O) groups excluding carboxylic acids is 2. The van der Waals surface area contributed by atoms with Gasteiger partial charge in [0, 0.05) is 22.9 Å². The molecule has 0 saturated carbocycles. The Kier molecular flexibility index (Phi) is 7.43. The zero-order valence-electron chi connectivity index (χ0n) is 21.2. The second-order valence-corrected chi connectivity index (χ2v) is 9.55. The molecular weight excluding hydrogens is 470 g/mol. The summed E-state index contributed by atoms with van der Waals surface area (Å²) in [6.45, 7) is 7.61. The lowest BCUT2D eigenvalue weighted by molar-refractivity contribution is -0.136. The maximum Gasteiger partial charge on any atom is 0.349 e. The van der Waals surface area contributed by atoms with Crippen molar-refractivity contribution in [3.05, 3.63) is 106 Å². The summed E-state index contributed by atoms with van der Waals surface area (Å²) in [5, 5.41) is 3.20. The van der Waals surface area contributed by atoms with Crippen LogP contribution in [0.2, 0.25) is 0 Å². The summed E-state index contributed by atoms with van der Waals surface area (Å²) >= 11 is 0. The Labute approximate surface area is 215 Å². The van der Waals surface area contributed by atoms with E-state index in [0.717, 1.165) is 5.56 Å². The minimum Gasteiger partial charge on any atom is -0.482 e. The Balaban J connectivity index is 1.38. The van der Waals surface area contributed by atoms with E-state index in [0.29, 0.717) is 11.1 Å². The van der Waals surface area contributed by atoms with Crippen LogP contribution < -0.4 is 20.4 Å². The maximum absolute atomic E-state index is 12.4. The molecule has 0 radical (unpaired) electrons. The van der Waals surface area contributed by atoms with Crippen LogP contribution in [0.5, 0.6) is 11.5 Å². The monoisotopic (exact) mass is 499 g/mol. The molecule has 4 aromatic rings. The highest BCUT2D eigenvalue weighted by molar-refractivity contribution is 5.97. The third kappa shape index (κ3) is 6.06. The SMILES string of the molecule is CC(C)NC(=O)c1cc2ccc(OC(=O)COc3ccc(C(C)(C)c4ccccc4)cc3)cc2oc1=O. The average molecular weight is 500 g/mol. The number of fused-ring (bicyclic) bond motifs is 1. The molecule has 0 fully saturated rings. The summed E-state index contributed by atoms with van der Waals surface area (Å²) in [5.74, 6) is -0.372. The van der Waals surface area contributed by atoms with E-state index in [1.165, 1.54) is 17.7 Å². The number of ether oxygens (including phenoxy) is 2. The van der Waals surface area contributed by atoms with Crippen molar-refractivity contribution in [2.45, 2.75) is 39.2 Å². The van der Waals surface area contributed by atoms with Gasteiger partial charge in [0.1, 0.15) is 22.6 Å². The summed E-state index contributed by atoms with van der Waals surface area (Å²) in [5.41, 5.74) is 1.50. The quantitative estimate of drug-likeness (QED) is 0.202. The molecule has 0 atom stereocenters. The molecule has 7 heteroatoms. The van der Waals surface area contributed by atoms with E-state index < -0.39 is 17.5 Å². The van der Waals surface area contributed by atoms with Crippen LogP contribution in [0.25, 0.3) is 11.0 Å². The predicted molar refractivity (Wildman–Crippen MR) is 141 cm³/mol. The number of esters is 1. The van der Waals surface area contributed by atoms with E-state index in [1.54, 1.807) is 26.0 Å². The lowest BCUT2D eigenvalue weighted by atomic mass is 9.78. The van der Waals surface area contributed by atoms with Crippen molar-refractivity contribution in [1.29, 1.82) is 0 Å². The number of carbonyl (C=O) groups is 2. The first-order chi connectivity index (χ1) is 17.6. The van der Waals surface area contributed by atoms with Gasteiger partial charge in [-0.1, -0.05) is 56.3 Å². The normalized spacial score (nSPS) is 11.4. The first kappa shape index (κ1) is 25.7. The fourth-order valence-corrected chi connectivity index (χ4v) is 3.95. The summed E-state index contributed by atoms with van der Waals surface area (Å²) in [7, 11) is 0. The van der Waals surface area contributed by atoms with Crippen molar-refractivity contribution in [3.63, 3.8) is 0 Å². The molecule has 4 rings (SSSR count). The van der Waals surface area contributed by atoms with Crippen LogP contribution in [0, 0.1) is 0 Å². The van der Waals surface area contributed by atoms with Crippen molar-refractivity contribution in [3.8, 4) is 11.5 Å². The molecule has 0 bridgehead atoms. The summed E-state index contributed by atoms with van der Waals surface area (Å²) in [6.07, 6.45) is 0. The first-order valence-corrected chi connectivity index (χ1v) is 12.0. The second kappa shape index (κ2) is 10.7. The predicted octanol–water partition coefficient (Wildman–Crippen LogP) is 5.24. The van der Waals surface area contributed by atoms with E-state index in [2.05, 4.69) is 31.3 Å². The van der Waals surface area contributed by atoms with Gasteiger partial charge in [-0.3, -0.25) is 4.79 Å². The number of hydrogen-bond acceptors (Lipinski definition) is 6. The van der Waals surface area contributed by atoms with E-state index >= 15 is 0 Å². The average Bonchev–Trinajstić information content (AvgIpc) is 2.87. The minimum atomic E-state index is -0.767. The highest BCUT2D eigenvalue weighted by Crippen LogP contribution is 2.32. The summed E-state index contributed by atoms with van der Waals surface area (Å²) < 4.78 is 16.2. The standard InChI is InChI=1S/C30H29NO6/c1-19(2)31-28(33)25-16-20-10-13-24(17-26(20)37-29(25)34)36-27(32)18-35-23-14-11-22(12-15-23)30(3,4)21-8-6-5-7-9-21/h5-17,19H,18H2,1-4H3,(H,31,33). The maximum atomic E-state index is 12.4. The Morgan fingerprint density at radius 2 is 1.54 bits per heavy atom. The number of rotatable bonds is 8. The molecule has 190 valence electrons. The molecule has 37 heavy (non-hydrogen) atoms. The molecule has 3 aromatic carbocycles. The highest BCUT2D eigenvalue weighted by Gasteiger charge is 2.22. The van der Waals surface area contributed by atoms with Crippen LogP contribution in [-0.2, 0) is 10.2 Å². The van der Waals surface area contributed by atoms with Crippen molar-refractivity contribution >= 4 is 22.8 Å².